The molecule has 0 saturated heterocycles. The van der Waals surface area contributed by atoms with Gasteiger partial charge in [0, 0.05) is 19.2 Å². The molecule has 0 radical (unpaired) electrons. The molecular weight excluding hydrogens is 244 g/mol. The van der Waals surface area contributed by atoms with Crippen molar-refractivity contribution in [2.45, 2.75) is 13.3 Å². The highest BCUT2D eigenvalue weighted by Crippen LogP contribution is 2.18. The van der Waals surface area contributed by atoms with Crippen LogP contribution in [0.25, 0.3) is 6.08 Å². The van der Waals surface area contributed by atoms with Crippen molar-refractivity contribution >= 4 is 11.8 Å². The molecule has 1 aromatic rings. The van der Waals surface area contributed by atoms with Gasteiger partial charge in [0.15, 0.2) is 0 Å². The molecule has 0 amide bonds. The van der Waals surface area contributed by atoms with Gasteiger partial charge in [0.1, 0.15) is 0 Å². The average Bonchev–Trinajstić information content (AvgIpc) is 2.39. The first kappa shape index (κ1) is 15.3. The molecule has 0 aliphatic heterocycles. The number of para-hydroxylation sites is 1. The Morgan fingerprint density at radius 2 is 2.11 bits per heavy atom. The second kappa shape index (κ2) is 8.39. The van der Waals surface area contributed by atoms with E-state index in [1.807, 2.05) is 6.08 Å². The lowest BCUT2D eigenvalue weighted by Crippen LogP contribution is -2.27. The highest BCUT2D eigenvalue weighted by molar-refractivity contribution is 5.60. The van der Waals surface area contributed by atoms with Gasteiger partial charge in [-0.05, 0) is 19.0 Å². The fraction of sp³-hybridized carbons (Fsp3) is 0.429. The first-order valence-corrected chi connectivity index (χ1v) is 6.42. The van der Waals surface area contributed by atoms with Gasteiger partial charge in [0.25, 0.3) is 5.69 Å². The summed E-state index contributed by atoms with van der Waals surface area (Å²) in [6, 6.07) is 6.66. The van der Waals surface area contributed by atoms with Crippen molar-refractivity contribution in [2.24, 2.45) is 0 Å². The summed E-state index contributed by atoms with van der Waals surface area (Å²) in [6.07, 6.45) is 4.67. The lowest BCUT2D eigenvalue weighted by Gasteiger charge is -2.18. The van der Waals surface area contributed by atoms with Gasteiger partial charge in [-0.1, -0.05) is 31.2 Å². The topological polar surface area (TPSA) is 66.6 Å². The van der Waals surface area contributed by atoms with Crippen LogP contribution in [-0.2, 0) is 0 Å². The number of hydrogen-bond donors (Lipinski definition) is 1. The Kier molecular flexibility index (Phi) is 6.78. The predicted octanol–water partition coefficient (Wildman–Crippen LogP) is 2.31. The fourth-order valence-corrected chi connectivity index (χ4v) is 1.88. The predicted molar refractivity (Wildman–Crippen MR) is 75.9 cm³/mol. The third-order valence-corrected chi connectivity index (χ3v) is 2.75. The molecule has 5 nitrogen and oxygen atoms in total. The number of nitro benzene ring substituents is 1. The van der Waals surface area contributed by atoms with Gasteiger partial charge in [-0.2, -0.15) is 0 Å². The van der Waals surface area contributed by atoms with Crippen LogP contribution in [0.1, 0.15) is 18.9 Å². The van der Waals surface area contributed by atoms with Gasteiger partial charge in [0.2, 0.25) is 0 Å². The molecule has 1 rings (SSSR count). The van der Waals surface area contributed by atoms with E-state index in [9.17, 15) is 10.1 Å². The van der Waals surface area contributed by atoms with Crippen LogP contribution < -0.4 is 0 Å². The molecular formula is C14H20N2O3. The Hall–Kier alpha value is -1.72. The molecule has 0 bridgehead atoms. The van der Waals surface area contributed by atoms with Gasteiger partial charge in [-0.3, -0.25) is 15.0 Å². The van der Waals surface area contributed by atoms with E-state index in [-0.39, 0.29) is 17.2 Å². The van der Waals surface area contributed by atoms with Crippen molar-refractivity contribution in [3.05, 3.63) is 46.0 Å². The van der Waals surface area contributed by atoms with E-state index < -0.39 is 0 Å². The Balaban J connectivity index is 2.68. The standard InChI is InChI=1S/C14H20N2O3/c1-2-9-15(11-12-17)10-5-7-13-6-3-4-8-14(13)16(18)19/h3-8,17H,2,9-12H2,1H3/b7-5+. The van der Waals surface area contributed by atoms with Crippen molar-refractivity contribution < 1.29 is 10.0 Å². The second-order valence-corrected chi connectivity index (χ2v) is 4.24. The molecule has 0 spiro atoms. The summed E-state index contributed by atoms with van der Waals surface area (Å²) in [5.41, 5.74) is 0.718. The first-order valence-electron chi connectivity index (χ1n) is 6.42. The van der Waals surface area contributed by atoms with E-state index in [2.05, 4.69) is 11.8 Å². The van der Waals surface area contributed by atoms with Gasteiger partial charge >= 0.3 is 0 Å². The number of aliphatic hydroxyl groups excluding tert-OH is 1. The maximum Gasteiger partial charge on any atom is 0.276 e. The van der Waals surface area contributed by atoms with E-state index in [0.29, 0.717) is 18.7 Å². The molecule has 19 heavy (non-hydrogen) atoms. The molecule has 0 aromatic heterocycles. The van der Waals surface area contributed by atoms with Crippen LogP contribution in [0.3, 0.4) is 0 Å². The normalized spacial score (nSPS) is 11.3. The Bertz CT molecular complexity index is 426. The molecule has 0 fully saturated rings. The number of aliphatic hydroxyl groups is 1. The Labute approximate surface area is 113 Å². The van der Waals surface area contributed by atoms with Crippen molar-refractivity contribution in [2.75, 3.05) is 26.2 Å². The van der Waals surface area contributed by atoms with Crippen molar-refractivity contribution in [3.63, 3.8) is 0 Å². The van der Waals surface area contributed by atoms with Gasteiger partial charge in [-0.15, -0.1) is 0 Å². The molecule has 1 aromatic carbocycles. The van der Waals surface area contributed by atoms with Crippen LogP contribution in [0.2, 0.25) is 0 Å². The molecule has 1 N–H and O–H groups in total. The second-order valence-electron chi connectivity index (χ2n) is 4.24. The summed E-state index contributed by atoms with van der Waals surface area (Å²) < 4.78 is 0. The zero-order valence-corrected chi connectivity index (χ0v) is 11.2. The smallest absolute Gasteiger partial charge is 0.276 e. The highest BCUT2D eigenvalue weighted by Gasteiger charge is 2.09. The van der Waals surface area contributed by atoms with Crippen LogP contribution >= 0.6 is 0 Å². The first-order chi connectivity index (χ1) is 9.19. The van der Waals surface area contributed by atoms with Crippen LogP contribution in [0.4, 0.5) is 5.69 Å². The maximum atomic E-state index is 10.9. The molecule has 0 saturated carbocycles. The quantitative estimate of drug-likeness (QED) is 0.578. The van der Waals surface area contributed by atoms with E-state index >= 15 is 0 Å². The van der Waals surface area contributed by atoms with E-state index in [0.717, 1.165) is 13.0 Å². The maximum absolute atomic E-state index is 10.9. The van der Waals surface area contributed by atoms with Gasteiger partial charge in [-0.25, -0.2) is 0 Å². The Morgan fingerprint density at radius 3 is 2.74 bits per heavy atom. The molecule has 0 aliphatic carbocycles. The van der Waals surface area contributed by atoms with Crippen LogP contribution in [0.5, 0.6) is 0 Å². The number of nitro groups is 1. The van der Waals surface area contributed by atoms with E-state index in [1.165, 1.54) is 6.07 Å². The third kappa shape index (κ3) is 5.19. The van der Waals surface area contributed by atoms with Crippen LogP contribution in [0.15, 0.2) is 30.3 Å². The van der Waals surface area contributed by atoms with Gasteiger partial charge in [0.05, 0.1) is 17.1 Å². The van der Waals surface area contributed by atoms with Crippen LogP contribution in [-0.4, -0.2) is 41.2 Å². The minimum Gasteiger partial charge on any atom is -0.395 e. The molecule has 104 valence electrons. The monoisotopic (exact) mass is 264 g/mol. The SMILES string of the molecule is CCCN(C/C=C/c1ccccc1[N+](=O)[O-])CCO. The van der Waals surface area contributed by atoms with Crippen molar-refractivity contribution in [3.8, 4) is 0 Å². The van der Waals surface area contributed by atoms with Crippen LogP contribution in [0, 0.1) is 10.1 Å². The van der Waals surface area contributed by atoms with E-state index in [1.54, 1.807) is 24.3 Å². The molecule has 0 aliphatic rings. The fourth-order valence-electron chi connectivity index (χ4n) is 1.88. The number of hydrogen-bond acceptors (Lipinski definition) is 4. The van der Waals surface area contributed by atoms with E-state index in [4.69, 9.17) is 5.11 Å². The summed E-state index contributed by atoms with van der Waals surface area (Å²) in [5, 5.41) is 19.8. The molecule has 0 heterocycles. The minimum absolute atomic E-state index is 0.114. The number of rotatable bonds is 8. The molecule has 0 atom stereocenters. The number of nitrogens with zero attached hydrogens (tertiary/aromatic N) is 2. The largest absolute Gasteiger partial charge is 0.395 e. The molecule has 0 unspecified atom stereocenters. The van der Waals surface area contributed by atoms with Crippen molar-refractivity contribution in [1.29, 1.82) is 0 Å². The minimum atomic E-state index is -0.378. The summed E-state index contributed by atoms with van der Waals surface area (Å²) in [5.74, 6) is 0. The summed E-state index contributed by atoms with van der Waals surface area (Å²) >= 11 is 0. The lowest BCUT2D eigenvalue weighted by atomic mass is 10.1. The van der Waals surface area contributed by atoms with Crippen molar-refractivity contribution in [1.82, 2.24) is 4.90 Å². The lowest BCUT2D eigenvalue weighted by molar-refractivity contribution is -0.385. The van der Waals surface area contributed by atoms with Gasteiger partial charge < -0.3 is 5.11 Å². The number of benzene rings is 1. The summed E-state index contributed by atoms with van der Waals surface area (Å²) in [4.78, 5) is 12.6. The highest BCUT2D eigenvalue weighted by atomic mass is 16.6. The Morgan fingerprint density at radius 1 is 1.37 bits per heavy atom. The zero-order chi connectivity index (χ0) is 14.1. The summed E-state index contributed by atoms with van der Waals surface area (Å²) in [6.45, 7) is 4.41. The average molecular weight is 264 g/mol. The zero-order valence-electron chi connectivity index (χ0n) is 11.2. The summed E-state index contributed by atoms with van der Waals surface area (Å²) in [7, 11) is 0. The molecule has 5 heteroatoms. The third-order valence-electron chi connectivity index (χ3n) is 2.75.